The van der Waals surface area contributed by atoms with Gasteiger partial charge in [-0.15, -0.1) is 0 Å². The SMILES string of the molecule is O=C(C1CNCCCN1C(=O)C(F)(F)F)C(F)(F)F. The first-order valence-electron chi connectivity index (χ1n) is 5.24. The van der Waals surface area contributed by atoms with Crippen molar-refractivity contribution in [2.75, 3.05) is 19.6 Å². The number of alkyl halides is 6. The quantitative estimate of drug-likeness (QED) is 0.730. The second-order valence-electron chi connectivity index (χ2n) is 3.93. The summed E-state index contributed by atoms with van der Waals surface area (Å²) in [6.07, 6.45) is -10.6. The van der Waals surface area contributed by atoms with Crippen LogP contribution in [0.1, 0.15) is 6.42 Å². The summed E-state index contributed by atoms with van der Waals surface area (Å²) in [5.41, 5.74) is 0. The molecule has 0 aliphatic carbocycles. The highest BCUT2D eigenvalue weighted by atomic mass is 19.4. The van der Waals surface area contributed by atoms with E-state index in [1.807, 2.05) is 0 Å². The Morgan fingerprint density at radius 2 is 1.63 bits per heavy atom. The first kappa shape index (κ1) is 15.7. The van der Waals surface area contributed by atoms with Gasteiger partial charge in [0.05, 0.1) is 0 Å². The molecule has 1 aliphatic heterocycles. The Morgan fingerprint density at radius 3 is 2.11 bits per heavy atom. The lowest BCUT2D eigenvalue weighted by molar-refractivity contribution is -0.194. The molecule has 1 unspecified atom stereocenters. The number of rotatable bonds is 1. The molecule has 19 heavy (non-hydrogen) atoms. The number of carbonyl (C=O) groups is 2. The number of carbonyl (C=O) groups excluding carboxylic acids is 2. The van der Waals surface area contributed by atoms with Crippen LogP contribution in [0.3, 0.4) is 0 Å². The summed E-state index contributed by atoms with van der Waals surface area (Å²) in [7, 11) is 0. The minimum atomic E-state index is -5.31. The summed E-state index contributed by atoms with van der Waals surface area (Å²) < 4.78 is 73.8. The molecule has 0 aromatic heterocycles. The van der Waals surface area contributed by atoms with E-state index in [4.69, 9.17) is 0 Å². The molecule has 0 bridgehead atoms. The smallest absolute Gasteiger partial charge is 0.323 e. The molecule has 110 valence electrons. The zero-order chi connectivity index (χ0) is 14.8. The first-order chi connectivity index (χ1) is 8.55. The lowest BCUT2D eigenvalue weighted by Crippen LogP contribution is -2.55. The predicted molar refractivity (Wildman–Crippen MR) is 50.1 cm³/mol. The van der Waals surface area contributed by atoms with Crippen LogP contribution in [0.4, 0.5) is 26.3 Å². The summed E-state index contributed by atoms with van der Waals surface area (Å²) in [4.78, 5) is 22.1. The van der Waals surface area contributed by atoms with E-state index in [9.17, 15) is 35.9 Å². The van der Waals surface area contributed by atoms with Crippen molar-refractivity contribution in [1.29, 1.82) is 0 Å². The zero-order valence-corrected chi connectivity index (χ0v) is 9.44. The molecule has 1 heterocycles. The topological polar surface area (TPSA) is 49.4 Å². The predicted octanol–water partition coefficient (Wildman–Crippen LogP) is 0.871. The van der Waals surface area contributed by atoms with Gasteiger partial charge in [0, 0.05) is 13.1 Å². The van der Waals surface area contributed by atoms with Crippen molar-refractivity contribution in [2.24, 2.45) is 0 Å². The van der Waals surface area contributed by atoms with Gasteiger partial charge >= 0.3 is 18.3 Å². The highest BCUT2D eigenvalue weighted by Crippen LogP contribution is 2.25. The molecule has 4 nitrogen and oxygen atoms in total. The van der Waals surface area contributed by atoms with E-state index in [2.05, 4.69) is 5.32 Å². The molecule has 1 atom stereocenters. The normalized spacial score (nSPS) is 22.0. The van der Waals surface area contributed by atoms with Crippen LogP contribution in [0.2, 0.25) is 0 Å². The molecule has 0 spiro atoms. The fraction of sp³-hybridized carbons (Fsp3) is 0.778. The molecule has 1 saturated heterocycles. The summed E-state index contributed by atoms with van der Waals surface area (Å²) in [6, 6.07) is -2.18. The Morgan fingerprint density at radius 1 is 1.05 bits per heavy atom. The summed E-state index contributed by atoms with van der Waals surface area (Å²) in [6.45, 7) is -1.08. The average molecular weight is 292 g/mol. The van der Waals surface area contributed by atoms with Crippen LogP contribution < -0.4 is 5.32 Å². The minimum absolute atomic E-state index is 0.0312. The third kappa shape index (κ3) is 3.82. The molecule has 1 fully saturated rings. The van der Waals surface area contributed by atoms with Gasteiger partial charge in [0.25, 0.3) is 5.78 Å². The first-order valence-corrected chi connectivity index (χ1v) is 5.24. The Kier molecular flexibility index (Phi) is 4.43. The van der Waals surface area contributed by atoms with Crippen LogP contribution in [-0.4, -0.2) is 54.6 Å². The highest BCUT2D eigenvalue weighted by Gasteiger charge is 2.51. The Hall–Kier alpha value is -1.32. The molecule has 0 saturated carbocycles. The van der Waals surface area contributed by atoms with E-state index < -0.39 is 43.2 Å². The van der Waals surface area contributed by atoms with E-state index in [0.29, 0.717) is 0 Å². The van der Waals surface area contributed by atoms with Crippen molar-refractivity contribution in [3.63, 3.8) is 0 Å². The van der Waals surface area contributed by atoms with Gasteiger partial charge in [0.2, 0.25) is 0 Å². The number of hydrogen-bond donors (Lipinski definition) is 1. The number of halogens is 6. The van der Waals surface area contributed by atoms with Gasteiger partial charge in [-0.1, -0.05) is 0 Å². The monoisotopic (exact) mass is 292 g/mol. The fourth-order valence-corrected chi connectivity index (χ4v) is 1.71. The van der Waals surface area contributed by atoms with Gasteiger partial charge in [-0.2, -0.15) is 26.3 Å². The van der Waals surface area contributed by atoms with Gasteiger partial charge in [-0.05, 0) is 13.0 Å². The zero-order valence-electron chi connectivity index (χ0n) is 9.44. The van der Waals surface area contributed by atoms with E-state index in [-0.39, 0.29) is 17.9 Å². The third-order valence-electron chi connectivity index (χ3n) is 2.55. The number of Topliss-reactive ketones (excluding diaryl/α,β-unsaturated/α-hetero) is 1. The largest absolute Gasteiger partial charge is 0.471 e. The maximum atomic E-state index is 12.3. The lowest BCUT2D eigenvalue weighted by Gasteiger charge is -2.29. The molecule has 0 radical (unpaired) electrons. The molecule has 0 aromatic rings. The van der Waals surface area contributed by atoms with Crippen molar-refractivity contribution in [2.45, 2.75) is 24.8 Å². The van der Waals surface area contributed by atoms with Gasteiger partial charge < -0.3 is 10.2 Å². The van der Waals surface area contributed by atoms with Crippen molar-refractivity contribution in [3.8, 4) is 0 Å². The maximum Gasteiger partial charge on any atom is 0.471 e. The van der Waals surface area contributed by atoms with Gasteiger partial charge in [-0.3, -0.25) is 9.59 Å². The fourth-order valence-electron chi connectivity index (χ4n) is 1.71. The van der Waals surface area contributed by atoms with Crippen LogP contribution in [0.25, 0.3) is 0 Å². The molecular formula is C9H10F6N2O2. The maximum absolute atomic E-state index is 12.3. The van der Waals surface area contributed by atoms with Crippen LogP contribution >= 0.6 is 0 Å². The molecule has 1 N–H and O–H groups in total. The van der Waals surface area contributed by atoms with E-state index in [1.165, 1.54) is 0 Å². The Labute approximate surface area is 103 Å². The molecule has 1 amide bonds. The molecule has 1 aliphatic rings. The number of ketones is 1. The molecule has 1 rings (SSSR count). The van der Waals surface area contributed by atoms with Crippen LogP contribution in [0, 0.1) is 0 Å². The third-order valence-corrected chi connectivity index (χ3v) is 2.55. The van der Waals surface area contributed by atoms with Crippen molar-refractivity contribution < 1.29 is 35.9 Å². The van der Waals surface area contributed by atoms with Gasteiger partial charge in [0.1, 0.15) is 6.04 Å². The summed E-state index contributed by atoms with van der Waals surface area (Å²) >= 11 is 0. The van der Waals surface area contributed by atoms with Crippen molar-refractivity contribution in [1.82, 2.24) is 10.2 Å². The Bertz CT molecular complexity index is 331. The number of hydrogen-bond acceptors (Lipinski definition) is 3. The van der Waals surface area contributed by atoms with Crippen molar-refractivity contribution in [3.05, 3.63) is 0 Å². The van der Waals surface area contributed by atoms with E-state index in [1.54, 1.807) is 0 Å². The molecule has 10 heteroatoms. The number of amides is 1. The molecule has 0 aromatic carbocycles. The minimum Gasteiger partial charge on any atom is -0.323 e. The van der Waals surface area contributed by atoms with Crippen LogP contribution in [0.5, 0.6) is 0 Å². The lowest BCUT2D eigenvalue weighted by atomic mass is 10.1. The standard InChI is InChI=1S/C9H10F6N2O2/c10-8(11,12)6(18)5-4-16-2-1-3-17(5)7(19)9(13,14)15/h5,16H,1-4H2. The summed E-state index contributed by atoms with van der Waals surface area (Å²) in [5, 5.41) is 2.40. The second kappa shape index (κ2) is 5.35. The second-order valence-corrected chi connectivity index (χ2v) is 3.93. The van der Waals surface area contributed by atoms with Crippen molar-refractivity contribution >= 4 is 11.7 Å². The molecular weight excluding hydrogens is 282 g/mol. The van der Waals surface area contributed by atoms with E-state index in [0.717, 1.165) is 0 Å². The number of nitrogens with one attached hydrogen (secondary N) is 1. The number of nitrogens with zero attached hydrogens (tertiary/aromatic N) is 1. The Balaban J connectivity index is 3.02. The van der Waals surface area contributed by atoms with Crippen LogP contribution in [0.15, 0.2) is 0 Å². The highest BCUT2D eigenvalue weighted by molar-refractivity contribution is 5.94. The average Bonchev–Trinajstić information content (AvgIpc) is 2.49. The van der Waals surface area contributed by atoms with Gasteiger partial charge in [0.15, 0.2) is 0 Å². The van der Waals surface area contributed by atoms with Gasteiger partial charge in [-0.25, -0.2) is 0 Å². The summed E-state index contributed by atoms with van der Waals surface area (Å²) in [5.74, 6) is -4.79. The van der Waals surface area contributed by atoms with E-state index >= 15 is 0 Å². The van der Waals surface area contributed by atoms with Crippen LogP contribution in [-0.2, 0) is 9.59 Å².